The van der Waals surface area contributed by atoms with Crippen molar-refractivity contribution in [3.63, 3.8) is 0 Å². The van der Waals surface area contributed by atoms with E-state index in [0.717, 1.165) is 19.3 Å². The Kier molecular flexibility index (Phi) is 5.08. The van der Waals surface area contributed by atoms with E-state index in [2.05, 4.69) is 4.72 Å². The molecule has 1 aliphatic carbocycles. The highest BCUT2D eigenvalue weighted by atomic mass is 32.2. The molecule has 6 nitrogen and oxygen atoms in total. The van der Waals surface area contributed by atoms with Crippen LogP contribution in [0, 0.1) is 0 Å². The minimum Gasteiger partial charge on any atom is -0.495 e. The fraction of sp³-hybridized carbons (Fsp3) is 0.533. The molecule has 22 heavy (non-hydrogen) atoms. The molecule has 0 amide bonds. The van der Waals surface area contributed by atoms with Gasteiger partial charge in [0.05, 0.1) is 14.2 Å². The van der Waals surface area contributed by atoms with Crippen LogP contribution < -0.4 is 9.46 Å². The van der Waals surface area contributed by atoms with Crippen molar-refractivity contribution in [3.8, 4) is 5.75 Å². The van der Waals surface area contributed by atoms with Crippen molar-refractivity contribution in [1.29, 1.82) is 0 Å². The van der Waals surface area contributed by atoms with E-state index in [1.165, 1.54) is 20.3 Å². The summed E-state index contributed by atoms with van der Waals surface area (Å²) >= 11 is 0. The van der Waals surface area contributed by atoms with Crippen molar-refractivity contribution < 1.29 is 22.7 Å². The molecule has 1 aliphatic rings. The Labute approximate surface area is 130 Å². The Morgan fingerprint density at radius 3 is 2.36 bits per heavy atom. The minimum absolute atomic E-state index is 0.0198. The Hall–Kier alpha value is -1.60. The van der Waals surface area contributed by atoms with Gasteiger partial charge in [0.15, 0.2) is 0 Å². The van der Waals surface area contributed by atoms with Gasteiger partial charge in [0.1, 0.15) is 16.2 Å². The highest BCUT2D eigenvalue weighted by Gasteiger charge is 2.44. The fourth-order valence-corrected chi connectivity index (χ4v) is 4.44. The number of rotatable bonds is 5. The normalized spacial score (nSPS) is 17.7. The molecule has 0 unspecified atom stereocenters. The number of carbonyl (C=O) groups is 1. The third kappa shape index (κ3) is 3.25. The Morgan fingerprint density at radius 2 is 1.77 bits per heavy atom. The van der Waals surface area contributed by atoms with E-state index in [9.17, 15) is 13.2 Å². The zero-order valence-electron chi connectivity index (χ0n) is 12.8. The van der Waals surface area contributed by atoms with Gasteiger partial charge in [0.25, 0.3) is 0 Å². The number of benzene rings is 1. The average molecular weight is 327 g/mol. The van der Waals surface area contributed by atoms with Gasteiger partial charge in [-0.25, -0.2) is 8.42 Å². The quantitative estimate of drug-likeness (QED) is 0.835. The van der Waals surface area contributed by atoms with Crippen LogP contribution in [0.1, 0.15) is 32.1 Å². The molecule has 0 heterocycles. The van der Waals surface area contributed by atoms with Crippen molar-refractivity contribution in [2.75, 3.05) is 14.2 Å². The number of methoxy groups -OCH3 is 2. The SMILES string of the molecule is COC(=O)C1(NS(=O)(=O)c2ccccc2OC)CCCCC1. The number of esters is 1. The molecule has 0 saturated heterocycles. The van der Waals surface area contributed by atoms with Crippen molar-refractivity contribution >= 4 is 16.0 Å². The molecule has 0 radical (unpaired) electrons. The fourth-order valence-electron chi connectivity index (χ4n) is 2.85. The second-order valence-electron chi connectivity index (χ2n) is 5.39. The summed E-state index contributed by atoms with van der Waals surface area (Å²) in [5, 5.41) is 0. The molecule has 0 aromatic heterocycles. The molecule has 0 aliphatic heterocycles. The van der Waals surface area contributed by atoms with E-state index in [0.29, 0.717) is 12.8 Å². The summed E-state index contributed by atoms with van der Waals surface area (Å²) in [6.45, 7) is 0. The number of hydrogen-bond donors (Lipinski definition) is 1. The van der Waals surface area contributed by atoms with E-state index in [-0.39, 0.29) is 10.6 Å². The first kappa shape index (κ1) is 16.8. The molecule has 1 saturated carbocycles. The highest BCUT2D eigenvalue weighted by Crippen LogP contribution is 2.32. The molecule has 7 heteroatoms. The number of carbonyl (C=O) groups excluding carboxylic acids is 1. The molecule has 122 valence electrons. The molecule has 0 bridgehead atoms. The maximum absolute atomic E-state index is 12.7. The predicted octanol–water partition coefficient (Wildman–Crippen LogP) is 1.85. The summed E-state index contributed by atoms with van der Waals surface area (Å²) in [5.74, 6) is -0.295. The molecule has 1 N–H and O–H groups in total. The second kappa shape index (κ2) is 6.66. The summed E-state index contributed by atoms with van der Waals surface area (Å²) in [4.78, 5) is 12.2. The number of hydrogen-bond acceptors (Lipinski definition) is 5. The van der Waals surface area contributed by atoms with Crippen LogP contribution in [-0.2, 0) is 19.6 Å². The van der Waals surface area contributed by atoms with Gasteiger partial charge < -0.3 is 9.47 Å². The van der Waals surface area contributed by atoms with Crippen LogP contribution in [-0.4, -0.2) is 34.1 Å². The van der Waals surface area contributed by atoms with Gasteiger partial charge >= 0.3 is 5.97 Å². The van der Waals surface area contributed by atoms with Gasteiger partial charge in [-0.05, 0) is 25.0 Å². The largest absolute Gasteiger partial charge is 0.495 e. The monoisotopic (exact) mass is 327 g/mol. The topological polar surface area (TPSA) is 81.7 Å². The Bertz CT molecular complexity index is 635. The van der Waals surface area contributed by atoms with Gasteiger partial charge in [-0.1, -0.05) is 31.4 Å². The minimum atomic E-state index is -3.89. The summed E-state index contributed by atoms with van der Waals surface area (Å²) in [6.07, 6.45) is 3.42. The lowest BCUT2D eigenvalue weighted by atomic mass is 9.83. The van der Waals surface area contributed by atoms with Crippen LogP contribution in [0.5, 0.6) is 5.75 Å². The molecule has 2 rings (SSSR count). The van der Waals surface area contributed by atoms with E-state index >= 15 is 0 Å². The standard InChI is InChI=1S/C15H21NO5S/c1-20-12-8-4-5-9-13(12)22(18,19)16-15(14(17)21-2)10-6-3-7-11-15/h4-5,8-9,16H,3,6-7,10-11H2,1-2H3. The summed E-state index contributed by atoms with van der Waals surface area (Å²) < 4.78 is 37.9. The van der Waals surface area contributed by atoms with Crippen molar-refractivity contribution in [2.24, 2.45) is 0 Å². The van der Waals surface area contributed by atoms with Crippen LogP contribution in [0.2, 0.25) is 0 Å². The molecular weight excluding hydrogens is 306 g/mol. The summed E-state index contributed by atoms with van der Waals surface area (Å²) in [7, 11) is -1.21. The van der Waals surface area contributed by atoms with Crippen LogP contribution in [0.25, 0.3) is 0 Å². The maximum atomic E-state index is 12.7. The lowest BCUT2D eigenvalue weighted by Gasteiger charge is -2.34. The smallest absolute Gasteiger partial charge is 0.327 e. The van der Waals surface area contributed by atoms with Gasteiger partial charge in [0, 0.05) is 0 Å². The average Bonchev–Trinajstić information content (AvgIpc) is 2.54. The molecule has 1 aromatic rings. The van der Waals surface area contributed by atoms with E-state index in [1.54, 1.807) is 18.2 Å². The van der Waals surface area contributed by atoms with Crippen molar-refractivity contribution in [1.82, 2.24) is 4.72 Å². The lowest BCUT2D eigenvalue weighted by Crippen LogP contribution is -2.55. The van der Waals surface area contributed by atoms with Crippen LogP contribution >= 0.6 is 0 Å². The summed E-state index contributed by atoms with van der Waals surface area (Å²) in [6, 6.07) is 6.33. The number of ether oxygens (including phenoxy) is 2. The zero-order chi connectivity index (χ0) is 16.2. The van der Waals surface area contributed by atoms with Crippen LogP contribution in [0.3, 0.4) is 0 Å². The molecule has 1 aromatic carbocycles. The third-order valence-electron chi connectivity index (χ3n) is 3.97. The van der Waals surface area contributed by atoms with E-state index in [1.807, 2.05) is 0 Å². The second-order valence-corrected chi connectivity index (χ2v) is 7.04. The van der Waals surface area contributed by atoms with E-state index < -0.39 is 21.5 Å². The first-order valence-electron chi connectivity index (χ1n) is 7.20. The summed E-state index contributed by atoms with van der Waals surface area (Å²) in [5.41, 5.74) is -1.19. The van der Waals surface area contributed by atoms with Crippen molar-refractivity contribution in [2.45, 2.75) is 42.5 Å². The first-order chi connectivity index (χ1) is 10.4. The predicted molar refractivity (Wildman–Crippen MR) is 81.1 cm³/mol. The van der Waals surface area contributed by atoms with E-state index in [4.69, 9.17) is 9.47 Å². The van der Waals surface area contributed by atoms with Gasteiger partial charge in [-0.3, -0.25) is 4.79 Å². The molecular formula is C15H21NO5S. The molecule has 0 atom stereocenters. The number of sulfonamides is 1. The van der Waals surface area contributed by atoms with Crippen LogP contribution in [0.4, 0.5) is 0 Å². The van der Waals surface area contributed by atoms with Gasteiger partial charge in [0.2, 0.25) is 10.0 Å². The first-order valence-corrected chi connectivity index (χ1v) is 8.69. The number of para-hydroxylation sites is 1. The highest BCUT2D eigenvalue weighted by molar-refractivity contribution is 7.89. The van der Waals surface area contributed by atoms with Crippen LogP contribution in [0.15, 0.2) is 29.2 Å². The third-order valence-corrected chi connectivity index (χ3v) is 5.55. The maximum Gasteiger partial charge on any atom is 0.327 e. The molecule has 1 fully saturated rings. The Balaban J connectivity index is 2.38. The Morgan fingerprint density at radius 1 is 1.14 bits per heavy atom. The zero-order valence-corrected chi connectivity index (χ0v) is 13.6. The van der Waals surface area contributed by atoms with Crippen molar-refractivity contribution in [3.05, 3.63) is 24.3 Å². The van der Waals surface area contributed by atoms with Gasteiger partial charge in [-0.2, -0.15) is 4.72 Å². The van der Waals surface area contributed by atoms with Gasteiger partial charge in [-0.15, -0.1) is 0 Å². The lowest BCUT2D eigenvalue weighted by molar-refractivity contribution is -0.149. The molecule has 0 spiro atoms. The number of nitrogens with one attached hydrogen (secondary N) is 1.